The van der Waals surface area contributed by atoms with Gasteiger partial charge in [-0.2, -0.15) is 10.5 Å². The molecule has 0 aliphatic heterocycles. The number of nitrogens with one attached hydrogen (secondary N) is 1. The van der Waals surface area contributed by atoms with Gasteiger partial charge >= 0.3 is 0 Å². The average molecular weight is 409 g/mol. The molecular weight excluding hydrogens is 395 g/mol. The van der Waals surface area contributed by atoms with Gasteiger partial charge in [0, 0.05) is 34.2 Å². The zero-order valence-corrected chi connectivity index (χ0v) is 16.1. The van der Waals surface area contributed by atoms with Gasteiger partial charge < -0.3 is 9.88 Å². The minimum atomic E-state index is -0.583. The van der Waals surface area contributed by atoms with E-state index in [1.165, 1.54) is 12.1 Å². The van der Waals surface area contributed by atoms with Crippen LogP contribution in [0.25, 0.3) is 17.0 Å². The maximum atomic E-state index is 12.6. The van der Waals surface area contributed by atoms with Crippen molar-refractivity contribution >= 4 is 51.8 Å². The molecule has 2 aromatic carbocycles. The fourth-order valence-electron chi connectivity index (χ4n) is 2.83. The summed E-state index contributed by atoms with van der Waals surface area (Å²) in [7, 11) is 0. The summed E-state index contributed by atoms with van der Waals surface area (Å²) in [6.07, 6.45) is 3.72. The second-order valence-corrected chi connectivity index (χ2v) is 6.79. The van der Waals surface area contributed by atoms with E-state index in [-0.39, 0.29) is 5.57 Å². The molecule has 1 aromatic heterocycles. The van der Waals surface area contributed by atoms with Crippen LogP contribution in [0.3, 0.4) is 0 Å². The van der Waals surface area contributed by atoms with Gasteiger partial charge in [0.1, 0.15) is 11.6 Å². The molecule has 0 fully saturated rings. The number of aromatic nitrogens is 1. The van der Waals surface area contributed by atoms with Crippen LogP contribution in [0.2, 0.25) is 10.0 Å². The number of halogens is 2. The first-order valence-corrected chi connectivity index (χ1v) is 9.12. The first kappa shape index (κ1) is 19.5. The summed E-state index contributed by atoms with van der Waals surface area (Å²) in [5.74, 6) is -0.583. The van der Waals surface area contributed by atoms with Crippen molar-refractivity contribution in [2.45, 2.75) is 13.0 Å². The number of para-hydroxylation sites is 1. The maximum absolute atomic E-state index is 12.6. The molecule has 0 radical (unpaired) electrons. The minimum Gasteiger partial charge on any atom is -0.346 e. The second-order valence-electron chi connectivity index (χ2n) is 5.95. The van der Waals surface area contributed by atoms with Crippen molar-refractivity contribution in [1.29, 1.82) is 10.5 Å². The Morgan fingerprint density at radius 2 is 1.96 bits per heavy atom. The standard InChI is InChI=1S/C21H14Cl2N4O/c22-16-6-7-18(23)19(11-16)26-21(28)14(12-25)10-15-13-27(9-3-8-24)20-5-2-1-4-17(15)20/h1-2,4-7,10-11,13H,3,9H2,(H,26,28)/b14-10-. The molecule has 0 aliphatic rings. The summed E-state index contributed by atoms with van der Waals surface area (Å²) in [6, 6.07) is 16.4. The molecule has 0 unspecified atom stereocenters. The highest BCUT2D eigenvalue weighted by molar-refractivity contribution is 6.36. The van der Waals surface area contributed by atoms with E-state index < -0.39 is 5.91 Å². The lowest BCUT2D eigenvalue weighted by molar-refractivity contribution is -0.112. The van der Waals surface area contributed by atoms with Crippen LogP contribution < -0.4 is 5.32 Å². The Hall–Kier alpha value is -3.25. The fraction of sp³-hybridized carbons (Fsp3) is 0.0952. The molecule has 1 heterocycles. The van der Waals surface area contributed by atoms with Crippen LogP contribution in [0.15, 0.2) is 54.2 Å². The van der Waals surface area contributed by atoms with E-state index in [0.29, 0.717) is 28.7 Å². The van der Waals surface area contributed by atoms with Gasteiger partial charge in [0.2, 0.25) is 0 Å². The number of nitrogens with zero attached hydrogens (tertiary/aromatic N) is 3. The van der Waals surface area contributed by atoms with Crippen LogP contribution >= 0.6 is 23.2 Å². The number of carbonyl (C=O) groups is 1. The smallest absolute Gasteiger partial charge is 0.266 e. The Kier molecular flexibility index (Phi) is 6.01. The van der Waals surface area contributed by atoms with E-state index in [2.05, 4.69) is 11.4 Å². The topological polar surface area (TPSA) is 81.6 Å². The highest BCUT2D eigenvalue weighted by Gasteiger charge is 2.14. The summed E-state index contributed by atoms with van der Waals surface area (Å²) in [5.41, 5.74) is 1.91. The lowest BCUT2D eigenvalue weighted by atomic mass is 10.1. The van der Waals surface area contributed by atoms with Crippen LogP contribution in [0.5, 0.6) is 0 Å². The molecule has 1 N–H and O–H groups in total. The fourth-order valence-corrected chi connectivity index (χ4v) is 3.17. The second kappa shape index (κ2) is 8.63. The van der Waals surface area contributed by atoms with E-state index in [0.717, 1.165) is 16.5 Å². The number of aryl methyl sites for hydroxylation is 1. The van der Waals surface area contributed by atoms with Crippen molar-refractivity contribution < 1.29 is 4.79 Å². The minimum absolute atomic E-state index is 0.0702. The van der Waals surface area contributed by atoms with Crippen LogP contribution in [0.1, 0.15) is 12.0 Å². The molecule has 0 aliphatic carbocycles. The molecule has 0 saturated carbocycles. The van der Waals surface area contributed by atoms with Gasteiger partial charge in [0.15, 0.2) is 0 Å². The largest absolute Gasteiger partial charge is 0.346 e. The van der Waals surface area contributed by atoms with Gasteiger partial charge in [-0.15, -0.1) is 0 Å². The van der Waals surface area contributed by atoms with Gasteiger partial charge in [0.05, 0.1) is 23.2 Å². The zero-order valence-electron chi connectivity index (χ0n) is 14.6. The lowest BCUT2D eigenvalue weighted by Gasteiger charge is -2.06. The number of anilines is 1. The van der Waals surface area contributed by atoms with Crippen LogP contribution in [0.4, 0.5) is 5.69 Å². The van der Waals surface area contributed by atoms with Gasteiger partial charge in [-0.05, 0) is 30.3 Å². The van der Waals surface area contributed by atoms with Gasteiger partial charge in [0.25, 0.3) is 5.91 Å². The Bertz CT molecular complexity index is 1170. The maximum Gasteiger partial charge on any atom is 0.266 e. The molecule has 5 nitrogen and oxygen atoms in total. The number of rotatable bonds is 5. The van der Waals surface area contributed by atoms with E-state index in [4.69, 9.17) is 28.5 Å². The molecule has 0 saturated heterocycles. The first-order chi connectivity index (χ1) is 13.5. The Labute approximate surface area is 172 Å². The molecule has 3 aromatic rings. The van der Waals surface area contributed by atoms with Crippen molar-refractivity contribution in [1.82, 2.24) is 4.57 Å². The van der Waals surface area contributed by atoms with Gasteiger partial charge in [-0.25, -0.2) is 0 Å². The SMILES string of the molecule is N#CCCn1cc(/C=C(/C#N)C(=O)Nc2cc(Cl)ccc2Cl)c2ccccc21. The van der Waals surface area contributed by atoms with Crippen molar-refractivity contribution in [3.63, 3.8) is 0 Å². The number of carbonyl (C=O) groups excluding carboxylic acids is 1. The molecule has 3 rings (SSSR count). The molecule has 0 atom stereocenters. The van der Waals surface area contributed by atoms with Crippen molar-refractivity contribution in [3.05, 3.63) is 69.8 Å². The normalized spacial score (nSPS) is 11.1. The molecule has 1 amide bonds. The molecule has 28 heavy (non-hydrogen) atoms. The molecule has 7 heteroatoms. The van der Waals surface area contributed by atoms with Crippen molar-refractivity contribution in [2.24, 2.45) is 0 Å². The Morgan fingerprint density at radius 1 is 1.18 bits per heavy atom. The summed E-state index contributed by atoms with van der Waals surface area (Å²) >= 11 is 12.0. The molecule has 138 valence electrons. The van der Waals surface area contributed by atoms with Crippen LogP contribution in [-0.2, 0) is 11.3 Å². The summed E-state index contributed by atoms with van der Waals surface area (Å²) in [5, 5.41) is 22.6. The predicted octanol–water partition coefficient (Wildman–Crippen LogP) is 5.41. The number of amides is 1. The molecular formula is C21H14Cl2N4O. The van der Waals surface area contributed by atoms with E-state index in [1.54, 1.807) is 12.1 Å². The number of benzene rings is 2. The number of hydrogen-bond acceptors (Lipinski definition) is 3. The predicted molar refractivity (Wildman–Crippen MR) is 111 cm³/mol. The Balaban J connectivity index is 1.96. The quantitative estimate of drug-likeness (QED) is 0.452. The van der Waals surface area contributed by atoms with E-state index in [1.807, 2.05) is 41.1 Å². The van der Waals surface area contributed by atoms with Crippen molar-refractivity contribution in [3.8, 4) is 12.1 Å². The number of fused-ring (bicyclic) bond motifs is 1. The van der Waals surface area contributed by atoms with Crippen LogP contribution in [-0.4, -0.2) is 10.5 Å². The summed E-state index contributed by atoms with van der Waals surface area (Å²) in [4.78, 5) is 12.6. The first-order valence-electron chi connectivity index (χ1n) is 8.36. The van der Waals surface area contributed by atoms with Crippen molar-refractivity contribution in [2.75, 3.05) is 5.32 Å². The summed E-state index contributed by atoms with van der Waals surface area (Å²) in [6.45, 7) is 0.525. The lowest BCUT2D eigenvalue weighted by Crippen LogP contribution is -2.13. The highest BCUT2D eigenvalue weighted by atomic mass is 35.5. The van der Waals surface area contributed by atoms with Crippen LogP contribution in [0, 0.1) is 22.7 Å². The summed E-state index contributed by atoms with van der Waals surface area (Å²) < 4.78 is 1.94. The zero-order chi connectivity index (χ0) is 20.1. The average Bonchev–Trinajstić information content (AvgIpc) is 3.04. The third-order valence-corrected chi connectivity index (χ3v) is 4.69. The van der Waals surface area contributed by atoms with E-state index in [9.17, 15) is 10.1 Å². The molecule has 0 spiro atoms. The highest BCUT2D eigenvalue weighted by Crippen LogP contribution is 2.27. The van der Waals surface area contributed by atoms with E-state index >= 15 is 0 Å². The van der Waals surface area contributed by atoms with Gasteiger partial charge in [-0.3, -0.25) is 4.79 Å². The molecule has 0 bridgehead atoms. The third kappa shape index (κ3) is 4.18. The Morgan fingerprint density at radius 3 is 2.71 bits per heavy atom. The number of hydrogen-bond donors (Lipinski definition) is 1. The number of nitriles is 2. The monoisotopic (exact) mass is 408 g/mol. The third-order valence-electron chi connectivity index (χ3n) is 4.13. The van der Waals surface area contributed by atoms with Gasteiger partial charge in [-0.1, -0.05) is 41.4 Å².